The minimum Gasteiger partial charge on any atom is -0.383 e. The van der Waals surface area contributed by atoms with E-state index in [9.17, 15) is 13.7 Å². The van der Waals surface area contributed by atoms with Crippen LogP contribution >= 0.6 is 0 Å². The summed E-state index contributed by atoms with van der Waals surface area (Å²) in [6.45, 7) is 4.02. The summed E-state index contributed by atoms with van der Waals surface area (Å²) < 4.78 is 29.3. The van der Waals surface area contributed by atoms with Gasteiger partial charge in [0.2, 0.25) is 0 Å². The molecule has 3 rings (SSSR count). The molecule has 8 heteroatoms. The van der Waals surface area contributed by atoms with Crippen LogP contribution in [0.15, 0.2) is 57.3 Å². The number of allylic oxidation sites excluding steroid dienone is 1. The number of sulfone groups is 1. The molecule has 1 aromatic rings. The normalized spacial score (nSPS) is 19.7. The van der Waals surface area contributed by atoms with Gasteiger partial charge in [-0.15, -0.1) is 0 Å². The predicted molar refractivity (Wildman–Crippen MR) is 94.4 cm³/mol. The summed E-state index contributed by atoms with van der Waals surface area (Å²) >= 11 is 0. The highest BCUT2D eigenvalue weighted by molar-refractivity contribution is 7.90. The third-order valence-electron chi connectivity index (χ3n) is 3.96. The second-order valence-corrected chi connectivity index (χ2v) is 8.47. The summed E-state index contributed by atoms with van der Waals surface area (Å²) in [6.07, 6.45) is 2.96. The van der Waals surface area contributed by atoms with Crippen molar-refractivity contribution in [1.29, 1.82) is 5.26 Å². The highest BCUT2D eigenvalue weighted by atomic mass is 32.2. The maximum absolute atomic E-state index is 11.8. The van der Waals surface area contributed by atoms with Crippen LogP contribution in [0.2, 0.25) is 0 Å². The first-order valence-electron chi connectivity index (χ1n) is 7.57. The van der Waals surface area contributed by atoms with Crippen molar-refractivity contribution < 1.29 is 13.2 Å². The van der Waals surface area contributed by atoms with Crippen LogP contribution in [-0.2, 0) is 14.6 Å². The van der Waals surface area contributed by atoms with Gasteiger partial charge < -0.3 is 10.5 Å². The summed E-state index contributed by atoms with van der Waals surface area (Å²) in [6, 6.07) is 8.39. The molecule has 7 nitrogen and oxygen atoms in total. The maximum atomic E-state index is 11.8. The molecule has 0 saturated carbocycles. The van der Waals surface area contributed by atoms with Crippen molar-refractivity contribution in [2.75, 3.05) is 17.9 Å². The Hall–Kier alpha value is -2.63. The molecule has 0 radical (unpaired) electrons. The van der Waals surface area contributed by atoms with Gasteiger partial charge in [0.25, 0.3) is 0 Å². The van der Waals surface area contributed by atoms with Crippen LogP contribution in [0, 0.1) is 11.3 Å². The molecule has 0 aromatic heterocycles. The summed E-state index contributed by atoms with van der Waals surface area (Å²) in [5.41, 5.74) is 7.64. The van der Waals surface area contributed by atoms with E-state index in [1.54, 1.807) is 12.1 Å². The van der Waals surface area contributed by atoms with Gasteiger partial charge in [0.05, 0.1) is 28.5 Å². The van der Waals surface area contributed by atoms with E-state index >= 15 is 0 Å². The number of hydrogen-bond donors (Lipinski definition) is 1. The molecule has 0 unspecified atom stereocenters. The van der Waals surface area contributed by atoms with Gasteiger partial charge in [-0.3, -0.25) is 0 Å². The molecular weight excluding hydrogens is 340 g/mol. The van der Waals surface area contributed by atoms with Gasteiger partial charge in [-0.1, -0.05) is 6.07 Å². The van der Waals surface area contributed by atoms with Gasteiger partial charge in [0, 0.05) is 11.8 Å². The molecule has 2 N–H and O–H groups in total. The van der Waals surface area contributed by atoms with E-state index in [0.717, 1.165) is 6.26 Å². The number of nitriles is 1. The van der Waals surface area contributed by atoms with Crippen molar-refractivity contribution in [1.82, 2.24) is 0 Å². The Kier molecular flexibility index (Phi) is 3.94. The minimum absolute atomic E-state index is 0.152. The van der Waals surface area contributed by atoms with E-state index in [1.165, 1.54) is 17.1 Å². The van der Waals surface area contributed by atoms with E-state index in [2.05, 4.69) is 11.2 Å². The number of anilines is 1. The molecular formula is C17H18N4O3S. The minimum atomic E-state index is -3.37. The first-order chi connectivity index (χ1) is 11.6. The molecule has 0 amide bonds. The molecule has 0 bridgehead atoms. The number of rotatable bonds is 2. The van der Waals surface area contributed by atoms with Crippen molar-refractivity contribution >= 4 is 21.2 Å². The summed E-state index contributed by atoms with van der Waals surface area (Å²) in [5, 5.41) is 15.4. The monoisotopic (exact) mass is 358 g/mol. The average Bonchev–Trinajstić information content (AvgIpc) is 2.53. The largest absolute Gasteiger partial charge is 0.383 e. The predicted octanol–water partition coefficient (Wildman–Crippen LogP) is 1.70. The zero-order valence-corrected chi connectivity index (χ0v) is 15.0. The fourth-order valence-corrected chi connectivity index (χ4v) is 3.34. The number of hydrogen-bond acceptors (Lipinski definition) is 7. The van der Waals surface area contributed by atoms with E-state index < -0.39 is 15.4 Å². The third kappa shape index (κ3) is 3.16. The van der Waals surface area contributed by atoms with Crippen molar-refractivity contribution in [3.63, 3.8) is 0 Å². The van der Waals surface area contributed by atoms with Crippen molar-refractivity contribution in [3.8, 4) is 6.07 Å². The Morgan fingerprint density at radius 1 is 1.40 bits per heavy atom. The lowest BCUT2D eigenvalue weighted by molar-refractivity contribution is 0.0409. The molecule has 0 fully saturated rings. The highest BCUT2D eigenvalue weighted by Gasteiger charge is 2.33. The lowest BCUT2D eigenvalue weighted by Gasteiger charge is -2.34. The quantitative estimate of drug-likeness (QED) is 0.862. The van der Waals surface area contributed by atoms with Gasteiger partial charge in [-0.2, -0.15) is 10.4 Å². The smallest absolute Gasteiger partial charge is 0.175 e. The van der Waals surface area contributed by atoms with E-state index in [-0.39, 0.29) is 17.3 Å². The molecule has 2 aliphatic rings. The van der Waals surface area contributed by atoms with Crippen LogP contribution in [0.1, 0.15) is 13.8 Å². The van der Waals surface area contributed by atoms with E-state index in [1.807, 2.05) is 19.9 Å². The second kappa shape index (κ2) is 5.72. The van der Waals surface area contributed by atoms with Gasteiger partial charge in [-0.05, 0) is 38.1 Å². The SMILES string of the molecule is CC1(C)C=C2C(=NN(c3cccc(S(C)(=O)=O)c3)C(N)=C2C#N)CO1. The second-order valence-electron chi connectivity index (χ2n) is 6.45. The third-order valence-corrected chi connectivity index (χ3v) is 5.07. The Morgan fingerprint density at radius 2 is 2.12 bits per heavy atom. The Bertz CT molecular complexity index is 981. The molecule has 0 atom stereocenters. The number of hydrazone groups is 1. The van der Waals surface area contributed by atoms with Crippen LogP contribution in [-0.4, -0.2) is 32.6 Å². The number of nitrogens with zero attached hydrogens (tertiary/aromatic N) is 3. The lowest BCUT2D eigenvalue weighted by Crippen LogP contribution is -2.39. The number of benzene rings is 1. The van der Waals surface area contributed by atoms with Crippen LogP contribution in [0.4, 0.5) is 5.69 Å². The van der Waals surface area contributed by atoms with Crippen molar-refractivity contribution in [2.24, 2.45) is 10.8 Å². The Morgan fingerprint density at radius 3 is 2.76 bits per heavy atom. The number of nitrogens with two attached hydrogens (primary N) is 1. The first kappa shape index (κ1) is 17.2. The molecule has 25 heavy (non-hydrogen) atoms. The molecule has 130 valence electrons. The summed E-state index contributed by atoms with van der Waals surface area (Å²) in [4.78, 5) is 0.152. The van der Waals surface area contributed by atoms with Crippen LogP contribution < -0.4 is 10.7 Å². The molecule has 2 heterocycles. The zero-order chi connectivity index (χ0) is 18.4. The standard InChI is InChI=1S/C17H18N4O3S/c1-17(2)8-13-14(9-18)16(19)21(20-15(13)10-24-17)11-5-4-6-12(7-11)25(3,22)23/h4-8H,10,19H2,1-3H3. The molecule has 2 aliphatic heterocycles. The lowest BCUT2D eigenvalue weighted by atomic mass is 9.92. The fraction of sp³-hybridized carbons (Fsp3) is 0.294. The van der Waals surface area contributed by atoms with Crippen molar-refractivity contribution in [3.05, 3.63) is 47.3 Å². The van der Waals surface area contributed by atoms with Gasteiger partial charge in [-0.25, -0.2) is 13.4 Å². The van der Waals surface area contributed by atoms with E-state index in [4.69, 9.17) is 10.5 Å². The molecule has 0 aliphatic carbocycles. The first-order valence-corrected chi connectivity index (χ1v) is 9.47. The number of ether oxygens (including phenoxy) is 1. The molecule has 1 aromatic carbocycles. The summed E-state index contributed by atoms with van der Waals surface area (Å²) in [5.74, 6) is 0.154. The highest BCUT2D eigenvalue weighted by Crippen LogP contribution is 2.33. The van der Waals surface area contributed by atoms with Crippen LogP contribution in [0.25, 0.3) is 0 Å². The van der Waals surface area contributed by atoms with Crippen molar-refractivity contribution in [2.45, 2.75) is 24.3 Å². The Balaban J connectivity index is 2.14. The molecule has 0 spiro atoms. The van der Waals surface area contributed by atoms with E-state index in [0.29, 0.717) is 22.5 Å². The fourth-order valence-electron chi connectivity index (χ4n) is 2.68. The number of fused-ring (bicyclic) bond motifs is 1. The maximum Gasteiger partial charge on any atom is 0.175 e. The topological polar surface area (TPSA) is 109 Å². The summed E-state index contributed by atoms with van der Waals surface area (Å²) in [7, 11) is -3.37. The van der Waals surface area contributed by atoms with Gasteiger partial charge >= 0.3 is 0 Å². The Labute approximate surface area is 146 Å². The van der Waals surface area contributed by atoms with Gasteiger partial charge in [0.1, 0.15) is 17.5 Å². The molecule has 0 saturated heterocycles. The zero-order valence-electron chi connectivity index (χ0n) is 14.1. The van der Waals surface area contributed by atoms with Crippen LogP contribution in [0.5, 0.6) is 0 Å². The van der Waals surface area contributed by atoms with Crippen LogP contribution in [0.3, 0.4) is 0 Å². The van der Waals surface area contributed by atoms with Gasteiger partial charge in [0.15, 0.2) is 9.84 Å². The average molecular weight is 358 g/mol.